The number of nitrogens with one attached hydrogen (secondary N) is 1. The number of thioether (sulfide) groups is 1. The fourth-order valence-electron chi connectivity index (χ4n) is 1.69. The van der Waals surface area contributed by atoms with Crippen LogP contribution in [0.5, 0.6) is 5.75 Å². The van der Waals surface area contributed by atoms with Crippen LogP contribution in [-0.2, 0) is 6.54 Å². The number of phenols is 1. The van der Waals surface area contributed by atoms with Gasteiger partial charge < -0.3 is 10.4 Å². The Morgan fingerprint density at radius 1 is 1.16 bits per heavy atom. The molecular weight excluding hydrogens is 258 g/mol. The van der Waals surface area contributed by atoms with Crippen LogP contribution >= 0.6 is 11.8 Å². The van der Waals surface area contributed by atoms with Crippen molar-refractivity contribution >= 4 is 17.7 Å². The van der Waals surface area contributed by atoms with Gasteiger partial charge in [-0.05, 0) is 36.1 Å². The van der Waals surface area contributed by atoms with Gasteiger partial charge in [0.05, 0.1) is 5.56 Å². The summed E-state index contributed by atoms with van der Waals surface area (Å²) in [5.41, 5.74) is 1.32. The summed E-state index contributed by atoms with van der Waals surface area (Å²) < 4.78 is 0. The molecule has 2 N–H and O–H groups in total. The standard InChI is InChI=1S/C15H15NO2S/c1-19-12-8-6-11(7-9-12)10-16-15(18)13-4-2-3-5-14(13)17/h2-9,17H,10H2,1H3,(H,16,18). The van der Waals surface area contributed by atoms with Crippen molar-refractivity contribution in [3.63, 3.8) is 0 Å². The summed E-state index contributed by atoms with van der Waals surface area (Å²) in [5, 5.41) is 12.4. The summed E-state index contributed by atoms with van der Waals surface area (Å²) in [6, 6.07) is 14.5. The first kappa shape index (κ1) is 13.5. The molecule has 0 aliphatic heterocycles. The second kappa shape index (κ2) is 6.29. The van der Waals surface area contributed by atoms with Crippen molar-refractivity contribution in [2.45, 2.75) is 11.4 Å². The van der Waals surface area contributed by atoms with Gasteiger partial charge in [-0.2, -0.15) is 0 Å². The zero-order valence-electron chi connectivity index (χ0n) is 10.6. The molecule has 2 aromatic carbocycles. The predicted octanol–water partition coefficient (Wildman–Crippen LogP) is 3.04. The molecule has 0 fully saturated rings. The van der Waals surface area contributed by atoms with E-state index in [1.54, 1.807) is 30.0 Å². The first-order valence-corrected chi connectivity index (χ1v) is 7.12. The zero-order chi connectivity index (χ0) is 13.7. The summed E-state index contributed by atoms with van der Waals surface area (Å²) in [4.78, 5) is 13.1. The molecule has 3 nitrogen and oxygen atoms in total. The number of hydrogen-bond donors (Lipinski definition) is 2. The molecule has 0 saturated carbocycles. The van der Waals surface area contributed by atoms with Gasteiger partial charge in [-0.3, -0.25) is 4.79 Å². The van der Waals surface area contributed by atoms with Crippen LogP contribution in [0.3, 0.4) is 0 Å². The van der Waals surface area contributed by atoms with Crippen molar-refractivity contribution in [3.05, 3.63) is 59.7 Å². The van der Waals surface area contributed by atoms with Crippen LogP contribution < -0.4 is 5.32 Å². The number of benzene rings is 2. The molecule has 0 saturated heterocycles. The van der Waals surface area contributed by atoms with Crippen LogP contribution in [0.4, 0.5) is 0 Å². The van der Waals surface area contributed by atoms with Crippen molar-refractivity contribution in [2.75, 3.05) is 6.26 Å². The predicted molar refractivity (Wildman–Crippen MR) is 77.5 cm³/mol. The van der Waals surface area contributed by atoms with E-state index >= 15 is 0 Å². The molecule has 0 aromatic heterocycles. The van der Waals surface area contributed by atoms with Crippen LogP contribution in [0.2, 0.25) is 0 Å². The summed E-state index contributed by atoms with van der Waals surface area (Å²) in [7, 11) is 0. The van der Waals surface area contributed by atoms with E-state index in [4.69, 9.17) is 0 Å². The minimum Gasteiger partial charge on any atom is -0.507 e. The summed E-state index contributed by atoms with van der Waals surface area (Å²) in [5.74, 6) is -0.273. The Kier molecular flexibility index (Phi) is 4.47. The fraction of sp³-hybridized carbons (Fsp3) is 0.133. The lowest BCUT2D eigenvalue weighted by Gasteiger charge is -2.07. The highest BCUT2D eigenvalue weighted by atomic mass is 32.2. The third-order valence-electron chi connectivity index (χ3n) is 2.76. The average Bonchev–Trinajstić information content (AvgIpc) is 2.46. The monoisotopic (exact) mass is 273 g/mol. The highest BCUT2D eigenvalue weighted by Gasteiger charge is 2.09. The van der Waals surface area contributed by atoms with Crippen molar-refractivity contribution in [1.82, 2.24) is 5.32 Å². The van der Waals surface area contributed by atoms with Gasteiger partial charge in [-0.25, -0.2) is 0 Å². The number of hydrogen-bond acceptors (Lipinski definition) is 3. The SMILES string of the molecule is CSc1ccc(CNC(=O)c2ccccc2O)cc1. The normalized spacial score (nSPS) is 10.2. The Labute approximate surface area is 116 Å². The second-order valence-corrected chi connectivity index (χ2v) is 4.93. The van der Waals surface area contributed by atoms with Gasteiger partial charge in [0.25, 0.3) is 5.91 Å². The first-order valence-electron chi connectivity index (χ1n) is 5.90. The average molecular weight is 273 g/mol. The number of amides is 1. The summed E-state index contributed by atoms with van der Waals surface area (Å²) in [6.45, 7) is 0.446. The van der Waals surface area contributed by atoms with Gasteiger partial charge in [-0.1, -0.05) is 24.3 Å². The molecule has 0 unspecified atom stereocenters. The van der Waals surface area contributed by atoms with Gasteiger partial charge in [0.15, 0.2) is 0 Å². The number of phenolic OH excluding ortho intramolecular Hbond substituents is 1. The Bertz CT molecular complexity index is 567. The van der Waals surface area contributed by atoms with Gasteiger partial charge in [0, 0.05) is 11.4 Å². The number of carbonyl (C=O) groups excluding carboxylic acids is 1. The number of aromatic hydroxyl groups is 1. The molecule has 1 amide bonds. The number of carbonyl (C=O) groups is 1. The lowest BCUT2D eigenvalue weighted by Crippen LogP contribution is -2.22. The molecule has 0 aliphatic carbocycles. The molecular formula is C15H15NO2S. The molecule has 2 rings (SSSR count). The van der Waals surface area contributed by atoms with E-state index in [1.807, 2.05) is 30.5 Å². The largest absolute Gasteiger partial charge is 0.507 e. The molecule has 0 bridgehead atoms. The van der Waals surface area contributed by atoms with E-state index in [9.17, 15) is 9.90 Å². The van der Waals surface area contributed by atoms with Crippen LogP contribution in [0, 0.1) is 0 Å². The Hall–Kier alpha value is -1.94. The van der Waals surface area contributed by atoms with Gasteiger partial charge in [0.2, 0.25) is 0 Å². The highest BCUT2D eigenvalue weighted by Crippen LogP contribution is 2.16. The van der Waals surface area contributed by atoms with E-state index < -0.39 is 0 Å². The Morgan fingerprint density at radius 3 is 2.47 bits per heavy atom. The van der Waals surface area contributed by atoms with Gasteiger partial charge in [0.1, 0.15) is 5.75 Å². The topological polar surface area (TPSA) is 49.3 Å². The van der Waals surface area contributed by atoms with E-state index in [0.717, 1.165) is 5.56 Å². The molecule has 2 aromatic rings. The van der Waals surface area contributed by atoms with Crippen LogP contribution in [0.15, 0.2) is 53.4 Å². The maximum Gasteiger partial charge on any atom is 0.255 e. The summed E-state index contributed by atoms with van der Waals surface area (Å²) >= 11 is 1.68. The Balaban J connectivity index is 1.98. The van der Waals surface area contributed by atoms with Crippen LogP contribution in [0.1, 0.15) is 15.9 Å². The molecule has 4 heteroatoms. The van der Waals surface area contributed by atoms with Crippen LogP contribution in [0.25, 0.3) is 0 Å². The third kappa shape index (κ3) is 3.51. The molecule has 98 valence electrons. The minimum absolute atomic E-state index is 0.00210. The fourth-order valence-corrected chi connectivity index (χ4v) is 2.09. The Morgan fingerprint density at radius 2 is 1.84 bits per heavy atom. The molecule has 0 radical (unpaired) electrons. The van der Waals surface area contributed by atoms with Gasteiger partial charge in [-0.15, -0.1) is 11.8 Å². The lowest BCUT2D eigenvalue weighted by atomic mass is 10.1. The van der Waals surface area contributed by atoms with Crippen molar-refractivity contribution < 1.29 is 9.90 Å². The van der Waals surface area contributed by atoms with Crippen LogP contribution in [-0.4, -0.2) is 17.3 Å². The smallest absolute Gasteiger partial charge is 0.255 e. The quantitative estimate of drug-likeness (QED) is 0.842. The second-order valence-electron chi connectivity index (χ2n) is 4.05. The maximum absolute atomic E-state index is 11.9. The molecule has 0 atom stereocenters. The first-order chi connectivity index (χ1) is 9.20. The van der Waals surface area contributed by atoms with Gasteiger partial charge >= 0.3 is 0 Å². The van der Waals surface area contributed by atoms with E-state index in [0.29, 0.717) is 12.1 Å². The lowest BCUT2D eigenvalue weighted by molar-refractivity contribution is 0.0948. The van der Waals surface area contributed by atoms with Crippen molar-refractivity contribution in [3.8, 4) is 5.75 Å². The molecule has 19 heavy (non-hydrogen) atoms. The molecule has 0 spiro atoms. The van der Waals surface area contributed by atoms with Crippen molar-refractivity contribution in [1.29, 1.82) is 0 Å². The number of rotatable bonds is 4. The third-order valence-corrected chi connectivity index (χ3v) is 3.50. The van der Waals surface area contributed by atoms with E-state index in [1.165, 1.54) is 11.0 Å². The molecule has 0 aliphatic rings. The van der Waals surface area contributed by atoms with Crippen molar-refractivity contribution in [2.24, 2.45) is 0 Å². The molecule has 0 heterocycles. The summed E-state index contributed by atoms with van der Waals surface area (Å²) in [6.07, 6.45) is 2.02. The zero-order valence-corrected chi connectivity index (χ0v) is 11.4. The maximum atomic E-state index is 11.9. The van der Waals surface area contributed by atoms with E-state index in [-0.39, 0.29) is 11.7 Å². The number of para-hydroxylation sites is 1. The highest BCUT2D eigenvalue weighted by molar-refractivity contribution is 7.98. The minimum atomic E-state index is -0.271. The van der Waals surface area contributed by atoms with E-state index in [2.05, 4.69) is 5.32 Å².